The second-order valence-corrected chi connectivity index (χ2v) is 5.30. The molecule has 0 radical (unpaired) electrons. The molecule has 1 nitrogen and oxygen atoms in total. The van der Waals surface area contributed by atoms with Crippen LogP contribution in [0.4, 0.5) is 4.39 Å². The van der Waals surface area contributed by atoms with Crippen molar-refractivity contribution < 1.29 is 4.39 Å². The maximum Gasteiger partial charge on any atom is 0.128 e. The van der Waals surface area contributed by atoms with E-state index in [1.807, 2.05) is 6.07 Å². The molecule has 0 aliphatic carbocycles. The van der Waals surface area contributed by atoms with Crippen LogP contribution in [-0.2, 0) is 6.54 Å². The van der Waals surface area contributed by atoms with E-state index in [2.05, 4.69) is 47.5 Å². The Morgan fingerprint density at radius 3 is 2.53 bits per heavy atom. The van der Waals surface area contributed by atoms with Crippen LogP contribution in [-0.4, -0.2) is 4.57 Å². The Kier molecular flexibility index (Phi) is 3.38. The second-order valence-electron chi connectivity index (χ2n) is 4.39. The molecule has 2 rings (SSSR count). The van der Waals surface area contributed by atoms with Crippen molar-refractivity contribution >= 4 is 15.9 Å². The van der Waals surface area contributed by atoms with Crippen LogP contribution >= 0.6 is 15.9 Å². The molecule has 0 spiro atoms. The van der Waals surface area contributed by atoms with Gasteiger partial charge in [0.25, 0.3) is 0 Å². The molecule has 3 heteroatoms. The molecule has 0 saturated heterocycles. The van der Waals surface area contributed by atoms with Gasteiger partial charge in [0.1, 0.15) is 5.82 Å². The number of rotatable bonds is 2. The van der Waals surface area contributed by atoms with Gasteiger partial charge in [-0.2, -0.15) is 0 Å². The van der Waals surface area contributed by atoms with E-state index in [0.717, 1.165) is 4.47 Å². The number of halogens is 2. The van der Waals surface area contributed by atoms with Crippen LogP contribution in [0, 0.1) is 26.6 Å². The van der Waals surface area contributed by atoms with Gasteiger partial charge in [-0.1, -0.05) is 15.9 Å². The number of aryl methyl sites for hydroxylation is 1. The Balaban J connectivity index is 2.37. The van der Waals surface area contributed by atoms with E-state index in [9.17, 15) is 4.39 Å². The maximum absolute atomic E-state index is 13.7. The van der Waals surface area contributed by atoms with Gasteiger partial charge in [-0.15, -0.1) is 0 Å². The van der Waals surface area contributed by atoms with Crippen LogP contribution in [0.25, 0.3) is 0 Å². The largest absolute Gasteiger partial charge is 0.347 e. The van der Waals surface area contributed by atoms with Crippen molar-refractivity contribution in [1.82, 2.24) is 4.57 Å². The normalized spacial score (nSPS) is 10.9. The first kappa shape index (κ1) is 12.4. The molecule has 1 aromatic carbocycles. The number of nitrogens with zero attached hydrogens (tertiary/aromatic N) is 1. The highest BCUT2D eigenvalue weighted by atomic mass is 79.9. The van der Waals surface area contributed by atoms with Crippen molar-refractivity contribution in [3.05, 3.63) is 57.1 Å². The summed E-state index contributed by atoms with van der Waals surface area (Å²) in [5.74, 6) is -0.156. The van der Waals surface area contributed by atoms with E-state index in [4.69, 9.17) is 0 Å². The van der Waals surface area contributed by atoms with Crippen molar-refractivity contribution in [2.45, 2.75) is 27.3 Å². The first-order chi connectivity index (χ1) is 7.99. The van der Waals surface area contributed by atoms with Crippen LogP contribution in [0.5, 0.6) is 0 Å². The number of aromatic nitrogens is 1. The molecule has 0 aliphatic rings. The molecule has 0 amide bonds. The molecule has 1 heterocycles. The Morgan fingerprint density at radius 2 is 1.94 bits per heavy atom. The average Bonchev–Trinajstić information content (AvgIpc) is 2.52. The molecular formula is C14H15BrFN. The zero-order valence-electron chi connectivity index (χ0n) is 10.2. The molecule has 0 bridgehead atoms. The van der Waals surface area contributed by atoms with Crippen molar-refractivity contribution in [1.29, 1.82) is 0 Å². The molecule has 1 aromatic heterocycles. The Hall–Kier alpha value is -1.09. The third kappa shape index (κ3) is 2.44. The lowest BCUT2D eigenvalue weighted by Crippen LogP contribution is -2.02. The van der Waals surface area contributed by atoms with E-state index in [1.54, 1.807) is 6.07 Å². The van der Waals surface area contributed by atoms with Gasteiger partial charge in [0.05, 0.1) is 6.54 Å². The Labute approximate surface area is 109 Å². The minimum absolute atomic E-state index is 0.156. The van der Waals surface area contributed by atoms with Crippen molar-refractivity contribution in [2.24, 2.45) is 0 Å². The summed E-state index contributed by atoms with van der Waals surface area (Å²) in [5, 5.41) is 0. The minimum Gasteiger partial charge on any atom is -0.347 e. The highest BCUT2D eigenvalue weighted by Gasteiger charge is 2.08. The summed E-state index contributed by atoms with van der Waals surface area (Å²) >= 11 is 3.37. The summed E-state index contributed by atoms with van der Waals surface area (Å²) in [4.78, 5) is 0. The second kappa shape index (κ2) is 4.65. The fourth-order valence-electron chi connectivity index (χ4n) is 1.94. The first-order valence-electron chi connectivity index (χ1n) is 5.56. The van der Waals surface area contributed by atoms with Crippen LogP contribution in [0.2, 0.25) is 0 Å². The SMILES string of the molecule is Cc1cn(Cc2cc(Br)ccc2F)c(C)c1C. The highest BCUT2D eigenvalue weighted by Crippen LogP contribution is 2.20. The summed E-state index contributed by atoms with van der Waals surface area (Å²) in [5.41, 5.74) is 4.43. The summed E-state index contributed by atoms with van der Waals surface area (Å²) in [7, 11) is 0. The van der Waals surface area contributed by atoms with Gasteiger partial charge in [0, 0.05) is 21.9 Å². The van der Waals surface area contributed by atoms with Crippen LogP contribution in [0.3, 0.4) is 0 Å². The summed E-state index contributed by atoms with van der Waals surface area (Å²) in [6.07, 6.45) is 2.07. The maximum atomic E-state index is 13.7. The fraction of sp³-hybridized carbons (Fsp3) is 0.286. The molecule has 17 heavy (non-hydrogen) atoms. The fourth-order valence-corrected chi connectivity index (χ4v) is 2.35. The highest BCUT2D eigenvalue weighted by molar-refractivity contribution is 9.10. The predicted octanol–water partition coefficient (Wildman–Crippen LogP) is 4.36. The number of hydrogen-bond acceptors (Lipinski definition) is 0. The van der Waals surface area contributed by atoms with Gasteiger partial charge in [-0.3, -0.25) is 0 Å². The standard InChI is InChI=1S/C14H15BrFN/c1-9-7-17(11(3)10(9)2)8-12-6-13(15)4-5-14(12)16/h4-7H,8H2,1-3H3. The van der Waals surface area contributed by atoms with Gasteiger partial charge in [-0.25, -0.2) is 4.39 Å². The van der Waals surface area contributed by atoms with Crippen molar-refractivity contribution in [3.8, 4) is 0 Å². The molecule has 0 unspecified atom stereocenters. The molecule has 2 aromatic rings. The average molecular weight is 296 g/mol. The molecule has 0 N–H and O–H groups in total. The van der Waals surface area contributed by atoms with Gasteiger partial charge >= 0.3 is 0 Å². The molecule has 90 valence electrons. The zero-order valence-corrected chi connectivity index (χ0v) is 11.8. The van der Waals surface area contributed by atoms with E-state index >= 15 is 0 Å². The van der Waals surface area contributed by atoms with Gasteiger partial charge < -0.3 is 4.57 Å². The summed E-state index contributed by atoms with van der Waals surface area (Å²) in [6, 6.07) is 5.05. The van der Waals surface area contributed by atoms with Gasteiger partial charge in [0.15, 0.2) is 0 Å². The monoisotopic (exact) mass is 295 g/mol. The lowest BCUT2D eigenvalue weighted by molar-refractivity contribution is 0.597. The molecular weight excluding hydrogens is 281 g/mol. The van der Waals surface area contributed by atoms with E-state index in [0.29, 0.717) is 12.1 Å². The van der Waals surface area contributed by atoms with E-state index in [1.165, 1.54) is 22.9 Å². The lowest BCUT2D eigenvalue weighted by atomic mass is 10.2. The molecule has 0 atom stereocenters. The first-order valence-corrected chi connectivity index (χ1v) is 6.35. The quantitative estimate of drug-likeness (QED) is 0.776. The third-order valence-electron chi connectivity index (χ3n) is 3.26. The van der Waals surface area contributed by atoms with Crippen LogP contribution in [0.15, 0.2) is 28.9 Å². The van der Waals surface area contributed by atoms with E-state index in [-0.39, 0.29) is 5.82 Å². The van der Waals surface area contributed by atoms with E-state index < -0.39 is 0 Å². The Morgan fingerprint density at radius 1 is 1.24 bits per heavy atom. The van der Waals surface area contributed by atoms with Gasteiger partial charge in [-0.05, 0) is 50.1 Å². The number of benzene rings is 1. The lowest BCUT2D eigenvalue weighted by Gasteiger charge is -2.08. The zero-order chi connectivity index (χ0) is 12.6. The summed E-state index contributed by atoms with van der Waals surface area (Å²) in [6.45, 7) is 6.82. The number of hydrogen-bond donors (Lipinski definition) is 0. The van der Waals surface area contributed by atoms with Crippen molar-refractivity contribution in [2.75, 3.05) is 0 Å². The van der Waals surface area contributed by atoms with Crippen LogP contribution < -0.4 is 0 Å². The van der Waals surface area contributed by atoms with Gasteiger partial charge in [0.2, 0.25) is 0 Å². The van der Waals surface area contributed by atoms with Crippen LogP contribution in [0.1, 0.15) is 22.4 Å². The molecule has 0 saturated carbocycles. The smallest absolute Gasteiger partial charge is 0.128 e. The topological polar surface area (TPSA) is 4.93 Å². The molecule has 0 fully saturated rings. The minimum atomic E-state index is -0.156. The third-order valence-corrected chi connectivity index (χ3v) is 3.76. The summed E-state index contributed by atoms with van der Waals surface area (Å²) < 4.78 is 16.7. The predicted molar refractivity (Wildman–Crippen MR) is 71.8 cm³/mol. The molecule has 0 aliphatic heterocycles. The van der Waals surface area contributed by atoms with Crippen molar-refractivity contribution in [3.63, 3.8) is 0 Å². The Bertz CT molecular complexity index is 558.